The third kappa shape index (κ3) is 3.94. The predicted octanol–water partition coefficient (Wildman–Crippen LogP) is 1.05. The summed E-state index contributed by atoms with van der Waals surface area (Å²) in [5.41, 5.74) is 0.159. The molecule has 98 valence electrons. The van der Waals surface area contributed by atoms with E-state index in [1.807, 2.05) is 0 Å². The molecule has 0 aromatic heterocycles. The number of ether oxygens (including phenoxy) is 1. The monoisotopic (exact) mass is 273 g/mol. The summed E-state index contributed by atoms with van der Waals surface area (Å²) in [7, 11) is -2.67. The van der Waals surface area contributed by atoms with Gasteiger partial charge in [0.1, 0.15) is 5.82 Å². The van der Waals surface area contributed by atoms with Crippen LogP contribution in [-0.2, 0) is 19.6 Å². The van der Waals surface area contributed by atoms with Crippen molar-refractivity contribution in [2.75, 3.05) is 7.11 Å². The van der Waals surface area contributed by atoms with Crippen molar-refractivity contribution in [3.63, 3.8) is 0 Å². The second-order valence-electron chi connectivity index (χ2n) is 3.41. The maximum Gasteiger partial charge on any atom is 0.309 e. The van der Waals surface area contributed by atoms with Crippen LogP contribution in [0.5, 0.6) is 0 Å². The van der Waals surface area contributed by atoms with Crippen LogP contribution in [0.3, 0.4) is 0 Å². The molecule has 0 radical (unpaired) electrons. The molecule has 18 heavy (non-hydrogen) atoms. The van der Waals surface area contributed by atoms with Crippen molar-refractivity contribution >= 4 is 22.1 Å². The molecule has 0 bridgehead atoms. The lowest BCUT2D eigenvalue weighted by Gasteiger charge is -2.01. The van der Waals surface area contributed by atoms with Crippen molar-refractivity contribution < 1.29 is 22.3 Å². The number of benzene rings is 1. The number of halogens is 1. The highest BCUT2D eigenvalue weighted by Crippen LogP contribution is 2.15. The van der Waals surface area contributed by atoms with Crippen LogP contribution in [0.4, 0.5) is 4.39 Å². The minimum absolute atomic E-state index is 0.00682. The van der Waals surface area contributed by atoms with Gasteiger partial charge in [0, 0.05) is 5.56 Å². The Balaban J connectivity index is 2.90. The zero-order valence-corrected chi connectivity index (χ0v) is 10.4. The predicted molar refractivity (Wildman–Crippen MR) is 63.4 cm³/mol. The van der Waals surface area contributed by atoms with E-state index in [2.05, 4.69) is 4.74 Å². The lowest BCUT2D eigenvalue weighted by molar-refractivity contribution is -0.139. The third-order valence-corrected chi connectivity index (χ3v) is 3.02. The largest absolute Gasteiger partial charge is 0.469 e. The molecule has 0 aliphatic rings. The lowest BCUT2D eigenvalue weighted by Crippen LogP contribution is -2.12. The molecule has 7 heteroatoms. The number of nitrogens with two attached hydrogens (primary N) is 1. The molecular formula is C11H12FNO4S. The van der Waals surface area contributed by atoms with Gasteiger partial charge in [-0.1, -0.05) is 18.2 Å². The molecule has 0 amide bonds. The number of primary sulfonamides is 1. The number of hydrogen-bond donors (Lipinski definition) is 1. The molecule has 0 heterocycles. The smallest absolute Gasteiger partial charge is 0.309 e. The average Bonchev–Trinajstić information content (AvgIpc) is 2.29. The molecule has 0 spiro atoms. The third-order valence-electron chi connectivity index (χ3n) is 2.11. The number of rotatable bonds is 4. The Morgan fingerprint density at radius 2 is 2.17 bits per heavy atom. The standard InChI is InChI=1S/C11H12FNO4S/c1-17-11(14)4-2-3-8-5-6-9(7-10(8)12)18(13,15)16/h2-3,5-7H,4H2,1H3,(H2,13,15,16). The maximum absolute atomic E-state index is 13.5. The minimum Gasteiger partial charge on any atom is -0.469 e. The van der Waals surface area contributed by atoms with E-state index in [-0.39, 0.29) is 16.9 Å². The summed E-state index contributed by atoms with van der Waals surface area (Å²) in [6.45, 7) is 0. The molecule has 5 nitrogen and oxygen atoms in total. The molecule has 0 aliphatic heterocycles. The van der Waals surface area contributed by atoms with Gasteiger partial charge in [-0.05, 0) is 12.1 Å². The van der Waals surface area contributed by atoms with E-state index in [1.165, 1.54) is 31.4 Å². The zero-order chi connectivity index (χ0) is 13.8. The van der Waals surface area contributed by atoms with Crippen molar-refractivity contribution in [2.45, 2.75) is 11.3 Å². The maximum atomic E-state index is 13.5. The van der Waals surface area contributed by atoms with Gasteiger partial charge in [-0.15, -0.1) is 0 Å². The molecule has 0 saturated heterocycles. The minimum atomic E-state index is -3.92. The van der Waals surface area contributed by atoms with E-state index in [9.17, 15) is 17.6 Å². The molecule has 2 N–H and O–H groups in total. The first-order valence-corrected chi connectivity index (χ1v) is 6.45. The van der Waals surface area contributed by atoms with Gasteiger partial charge in [0.2, 0.25) is 10.0 Å². The van der Waals surface area contributed by atoms with E-state index >= 15 is 0 Å². The second-order valence-corrected chi connectivity index (χ2v) is 4.97. The molecular weight excluding hydrogens is 261 g/mol. The van der Waals surface area contributed by atoms with Gasteiger partial charge in [0.15, 0.2) is 0 Å². The highest BCUT2D eigenvalue weighted by atomic mass is 32.2. The quantitative estimate of drug-likeness (QED) is 0.831. The summed E-state index contributed by atoms with van der Waals surface area (Å²) in [6.07, 6.45) is 2.78. The van der Waals surface area contributed by atoms with Crippen LogP contribution in [0.1, 0.15) is 12.0 Å². The number of carbonyl (C=O) groups excluding carboxylic acids is 1. The molecule has 1 aromatic carbocycles. The molecule has 0 unspecified atom stereocenters. The van der Waals surface area contributed by atoms with Crippen LogP contribution in [0.2, 0.25) is 0 Å². The van der Waals surface area contributed by atoms with Crippen LogP contribution in [0.15, 0.2) is 29.2 Å². The first-order valence-electron chi connectivity index (χ1n) is 4.90. The Kier molecular flexibility index (Phi) is 4.57. The molecule has 0 atom stereocenters. The van der Waals surface area contributed by atoms with Crippen molar-refractivity contribution in [1.29, 1.82) is 0 Å². The highest BCUT2D eigenvalue weighted by Gasteiger charge is 2.10. The van der Waals surface area contributed by atoms with Gasteiger partial charge in [-0.3, -0.25) is 4.79 Å². The number of esters is 1. The number of sulfonamides is 1. The van der Waals surface area contributed by atoms with Gasteiger partial charge in [-0.25, -0.2) is 17.9 Å². The first-order chi connectivity index (χ1) is 8.34. The number of carbonyl (C=O) groups is 1. The van der Waals surface area contributed by atoms with E-state index in [0.717, 1.165) is 6.07 Å². The summed E-state index contributed by atoms with van der Waals surface area (Å²) in [6, 6.07) is 3.28. The van der Waals surface area contributed by atoms with Crippen molar-refractivity contribution in [1.82, 2.24) is 0 Å². The van der Waals surface area contributed by atoms with E-state index < -0.39 is 21.8 Å². The van der Waals surface area contributed by atoms with Gasteiger partial charge >= 0.3 is 5.97 Å². The number of methoxy groups -OCH3 is 1. The summed E-state index contributed by atoms with van der Waals surface area (Å²) in [5.74, 6) is -1.18. The first kappa shape index (κ1) is 14.3. The van der Waals surface area contributed by atoms with E-state index in [4.69, 9.17) is 5.14 Å². The normalized spacial score (nSPS) is 11.7. The molecule has 0 fully saturated rings. The highest BCUT2D eigenvalue weighted by molar-refractivity contribution is 7.89. The molecule has 1 aromatic rings. The van der Waals surface area contributed by atoms with Gasteiger partial charge in [0.05, 0.1) is 18.4 Å². The summed E-state index contributed by atoms with van der Waals surface area (Å²) < 4.78 is 39.8. The van der Waals surface area contributed by atoms with Crippen LogP contribution in [-0.4, -0.2) is 21.5 Å². The molecule has 0 aliphatic carbocycles. The Hall–Kier alpha value is -1.73. The Bertz CT molecular complexity index is 581. The van der Waals surface area contributed by atoms with Crippen LogP contribution in [0.25, 0.3) is 6.08 Å². The van der Waals surface area contributed by atoms with Crippen molar-refractivity contribution in [3.05, 3.63) is 35.7 Å². The fraction of sp³-hybridized carbons (Fsp3) is 0.182. The summed E-state index contributed by atoms with van der Waals surface area (Å²) in [5, 5.41) is 4.86. The summed E-state index contributed by atoms with van der Waals surface area (Å²) in [4.78, 5) is 10.5. The van der Waals surface area contributed by atoms with E-state index in [1.54, 1.807) is 0 Å². The van der Waals surface area contributed by atoms with E-state index in [0.29, 0.717) is 0 Å². The second kappa shape index (κ2) is 5.74. The Labute approximate surface area is 104 Å². The molecule has 1 rings (SSSR count). The Morgan fingerprint density at radius 1 is 1.50 bits per heavy atom. The average molecular weight is 273 g/mol. The van der Waals surface area contributed by atoms with Crippen LogP contribution in [0, 0.1) is 5.82 Å². The number of hydrogen-bond acceptors (Lipinski definition) is 4. The fourth-order valence-corrected chi connectivity index (χ4v) is 1.71. The van der Waals surface area contributed by atoms with Crippen LogP contribution >= 0.6 is 0 Å². The van der Waals surface area contributed by atoms with Gasteiger partial charge < -0.3 is 4.74 Å². The van der Waals surface area contributed by atoms with Gasteiger partial charge in [-0.2, -0.15) is 0 Å². The summed E-state index contributed by atoms with van der Waals surface area (Å²) >= 11 is 0. The lowest BCUT2D eigenvalue weighted by atomic mass is 10.2. The fourth-order valence-electron chi connectivity index (χ4n) is 1.19. The van der Waals surface area contributed by atoms with Crippen LogP contribution < -0.4 is 5.14 Å². The SMILES string of the molecule is COC(=O)CC=Cc1ccc(S(N)(=O)=O)cc1F. The van der Waals surface area contributed by atoms with Gasteiger partial charge in [0.25, 0.3) is 0 Å². The van der Waals surface area contributed by atoms with Crippen molar-refractivity contribution in [2.24, 2.45) is 5.14 Å². The molecule has 0 saturated carbocycles. The Morgan fingerprint density at radius 3 is 2.67 bits per heavy atom. The zero-order valence-electron chi connectivity index (χ0n) is 9.59. The topological polar surface area (TPSA) is 86.5 Å². The van der Waals surface area contributed by atoms with Crippen molar-refractivity contribution in [3.8, 4) is 0 Å².